The zero-order valence-corrected chi connectivity index (χ0v) is 12.8. The summed E-state index contributed by atoms with van der Waals surface area (Å²) in [5.74, 6) is 0.204. The fraction of sp³-hybridized carbons (Fsp3) is 0.500. The third-order valence-corrected chi connectivity index (χ3v) is 4.13. The van der Waals surface area contributed by atoms with E-state index in [0.29, 0.717) is 13.1 Å². The van der Waals surface area contributed by atoms with Crippen molar-refractivity contribution in [2.45, 2.75) is 19.4 Å². The van der Waals surface area contributed by atoms with E-state index in [1.807, 2.05) is 35.0 Å². The smallest absolute Gasteiger partial charge is 0.242 e. The van der Waals surface area contributed by atoms with Gasteiger partial charge in [-0.1, -0.05) is 6.07 Å². The van der Waals surface area contributed by atoms with Gasteiger partial charge in [0.15, 0.2) is 0 Å². The molecular weight excluding hydrogens is 306 g/mol. The maximum atomic E-state index is 12.1. The zero-order chi connectivity index (χ0) is 13.8. The maximum absolute atomic E-state index is 12.1. The minimum atomic E-state index is 0.204. The molecule has 0 aliphatic carbocycles. The summed E-state index contributed by atoms with van der Waals surface area (Å²) >= 11 is 3.54. The quantitative estimate of drug-likeness (QED) is 0.920. The molecular formula is C14H20BrN3O. The molecule has 1 fully saturated rings. The Hall–Kier alpha value is -1.07. The van der Waals surface area contributed by atoms with Crippen LogP contribution in [0.1, 0.15) is 18.4 Å². The third-order valence-electron chi connectivity index (χ3n) is 3.49. The summed E-state index contributed by atoms with van der Waals surface area (Å²) in [6, 6.07) is 6.01. The highest BCUT2D eigenvalue weighted by Crippen LogP contribution is 2.26. The molecule has 0 radical (unpaired) electrons. The Morgan fingerprint density at radius 2 is 2.11 bits per heavy atom. The summed E-state index contributed by atoms with van der Waals surface area (Å²) in [7, 11) is 1.94. The average molecular weight is 326 g/mol. The molecule has 1 saturated heterocycles. The molecule has 0 atom stereocenters. The van der Waals surface area contributed by atoms with Crippen molar-refractivity contribution in [2.24, 2.45) is 5.73 Å². The van der Waals surface area contributed by atoms with Crippen LogP contribution in [0.15, 0.2) is 22.7 Å². The number of amides is 1. The molecule has 4 nitrogen and oxygen atoms in total. The predicted molar refractivity (Wildman–Crippen MR) is 81.1 cm³/mol. The van der Waals surface area contributed by atoms with Gasteiger partial charge >= 0.3 is 0 Å². The van der Waals surface area contributed by atoms with Crippen LogP contribution in [0.25, 0.3) is 0 Å². The second-order valence-corrected chi connectivity index (χ2v) is 5.79. The number of carbonyl (C=O) groups excluding carboxylic acids is 1. The van der Waals surface area contributed by atoms with Crippen molar-refractivity contribution >= 4 is 27.5 Å². The number of halogens is 1. The fourth-order valence-electron chi connectivity index (χ4n) is 2.34. The number of nitrogens with zero attached hydrogens (tertiary/aromatic N) is 2. The molecule has 1 aliphatic rings. The normalized spacial score (nSPS) is 14.8. The van der Waals surface area contributed by atoms with Gasteiger partial charge in [-0.15, -0.1) is 0 Å². The van der Waals surface area contributed by atoms with Crippen LogP contribution < -0.4 is 10.6 Å². The number of rotatable bonds is 4. The van der Waals surface area contributed by atoms with E-state index in [-0.39, 0.29) is 5.91 Å². The molecule has 0 bridgehead atoms. The Balaban J connectivity index is 2.02. The van der Waals surface area contributed by atoms with Gasteiger partial charge in [-0.3, -0.25) is 4.79 Å². The summed E-state index contributed by atoms with van der Waals surface area (Å²) in [6.45, 7) is 2.75. The van der Waals surface area contributed by atoms with E-state index in [9.17, 15) is 4.79 Å². The molecule has 2 N–H and O–H groups in total. The van der Waals surface area contributed by atoms with Crippen LogP contribution in [0.3, 0.4) is 0 Å². The average Bonchev–Trinajstić information content (AvgIpc) is 2.92. The highest BCUT2D eigenvalue weighted by atomic mass is 79.9. The minimum absolute atomic E-state index is 0.204. The first kappa shape index (κ1) is 14.3. The van der Waals surface area contributed by atoms with Crippen LogP contribution >= 0.6 is 15.9 Å². The molecule has 5 heteroatoms. The van der Waals surface area contributed by atoms with Crippen LogP contribution in [-0.2, 0) is 11.3 Å². The molecule has 1 aromatic carbocycles. The van der Waals surface area contributed by atoms with Gasteiger partial charge in [0, 0.05) is 31.2 Å². The first-order valence-electron chi connectivity index (χ1n) is 6.59. The van der Waals surface area contributed by atoms with Crippen molar-refractivity contribution in [3.05, 3.63) is 28.2 Å². The molecule has 2 rings (SSSR count). The lowest BCUT2D eigenvalue weighted by molar-refractivity contribution is -0.128. The van der Waals surface area contributed by atoms with Crippen molar-refractivity contribution < 1.29 is 4.79 Å². The number of likely N-dealkylation sites (tertiary alicyclic amines) is 1. The van der Waals surface area contributed by atoms with Gasteiger partial charge in [0.25, 0.3) is 0 Å². The Bertz CT molecular complexity index is 458. The molecule has 0 saturated carbocycles. The number of nitrogens with two attached hydrogens (primary N) is 1. The molecule has 1 amide bonds. The van der Waals surface area contributed by atoms with Crippen molar-refractivity contribution in [3.8, 4) is 0 Å². The summed E-state index contributed by atoms with van der Waals surface area (Å²) < 4.78 is 0.979. The van der Waals surface area contributed by atoms with Gasteiger partial charge in [0.1, 0.15) is 0 Å². The van der Waals surface area contributed by atoms with Gasteiger partial charge in [-0.05, 0) is 46.5 Å². The highest BCUT2D eigenvalue weighted by molar-refractivity contribution is 9.10. The van der Waals surface area contributed by atoms with Crippen LogP contribution in [0, 0.1) is 0 Å². The summed E-state index contributed by atoms with van der Waals surface area (Å²) in [5.41, 5.74) is 7.71. The summed E-state index contributed by atoms with van der Waals surface area (Å²) in [6.07, 6.45) is 2.26. The van der Waals surface area contributed by atoms with Crippen molar-refractivity contribution in [3.63, 3.8) is 0 Å². The highest BCUT2D eigenvalue weighted by Gasteiger charge is 2.19. The number of carbonyl (C=O) groups is 1. The molecule has 19 heavy (non-hydrogen) atoms. The predicted octanol–water partition coefficient (Wildman–Crippen LogP) is 1.97. The van der Waals surface area contributed by atoms with E-state index < -0.39 is 0 Å². The van der Waals surface area contributed by atoms with E-state index in [1.54, 1.807) is 0 Å². The van der Waals surface area contributed by atoms with Crippen molar-refractivity contribution in [2.75, 3.05) is 31.6 Å². The first-order valence-corrected chi connectivity index (χ1v) is 7.38. The molecule has 1 heterocycles. The largest absolute Gasteiger partial charge is 0.364 e. The van der Waals surface area contributed by atoms with E-state index >= 15 is 0 Å². The Labute approximate surface area is 122 Å². The Morgan fingerprint density at radius 3 is 2.68 bits per heavy atom. The van der Waals surface area contributed by atoms with Gasteiger partial charge in [-0.25, -0.2) is 0 Å². The van der Waals surface area contributed by atoms with Crippen LogP contribution in [-0.4, -0.2) is 37.5 Å². The number of anilines is 1. The molecule has 0 unspecified atom stereocenters. The summed E-state index contributed by atoms with van der Waals surface area (Å²) in [5, 5.41) is 0. The van der Waals surface area contributed by atoms with Crippen molar-refractivity contribution in [1.29, 1.82) is 0 Å². The van der Waals surface area contributed by atoms with Crippen LogP contribution in [0.4, 0.5) is 5.69 Å². The standard InChI is InChI=1S/C14H20BrN3O/c1-17(10-14(19)18-6-2-3-7-18)13-5-4-11(9-16)8-12(13)15/h4-5,8H,2-3,6-7,9-10,16H2,1H3. The third kappa shape index (κ3) is 3.48. The molecule has 0 aromatic heterocycles. The second-order valence-electron chi connectivity index (χ2n) is 4.93. The van der Waals surface area contributed by atoms with Gasteiger partial charge in [0.05, 0.1) is 12.2 Å². The summed E-state index contributed by atoms with van der Waals surface area (Å²) in [4.78, 5) is 16.0. The number of benzene rings is 1. The van der Waals surface area contributed by atoms with Crippen LogP contribution in [0.5, 0.6) is 0 Å². The lowest BCUT2D eigenvalue weighted by atomic mass is 10.2. The number of hydrogen-bond donors (Lipinski definition) is 1. The molecule has 0 spiro atoms. The number of hydrogen-bond acceptors (Lipinski definition) is 3. The molecule has 1 aliphatic heterocycles. The van der Waals surface area contributed by atoms with Crippen LogP contribution in [0.2, 0.25) is 0 Å². The van der Waals surface area contributed by atoms with Gasteiger partial charge in [0.2, 0.25) is 5.91 Å². The minimum Gasteiger partial charge on any atom is -0.364 e. The SMILES string of the molecule is CN(CC(=O)N1CCCC1)c1ccc(CN)cc1Br. The van der Waals surface area contributed by atoms with E-state index in [4.69, 9.17) is 5.73 Å². The Morgan fingerprint density at radius 1 is 1.42 bits per heavy atom. The Kier molecular flexibility index (Phi) is 4.82. The topological polar surface area (TPSA) is 49.6 Å². The molecule has 1 aromatic rings. The fourth-order valence-corrected chi connectivity index (χ4v) is 3.07. The van der Waals surface area contributed by atoms with E-state index in [2.05, 4.69) is 15.9 Å². The number of likely N-dealkylation sites (N-methyl/N-ethyl adjacent to an activating group) is 1. The maximum Gasteiger partial charge on any atom is 0.242 e. The molecule has 104 valence electrons. The van der Waals surface area contributed by atoms with E-state index in [1.165, 1.54) is 0 Å². The van der Waals surface area contributed by atoms with Gasteiger partial charge in [-0.2, -0.15) is 0 Å². The second kappa shape index (κ2) is 6.39. The first-order chi connectivity index (χ1) is 9.11. The lowest BCUT2D eigenvalue weighted by Crippen LogP contribution is -2.37. The van der Waals surface area contributed by atoms with Crippen molar-refractivity contribution in [1.82, 2.24) is 4.90 Å². The lowest BCUT2D eigenvalue weighted by Gasteiger charge is -2.24. The van der Waals surface area contributed by atoms with E-state index in [0.717, 1.165) is 41.7 Å². The van der Waals surface area contributed by atoms with Gasteiger partial charge < -0.3 is 15.5 Å². The zero-order valence-electron chi connectivity index (χ0n) is 11.2. The monoisotopic (exact) mass is 325 g/mol.